The first-order chi connectivity index (χ1) is 18.3. The second-order valence-corrected chi connectivity index (χ2v) is 11.7. The number of carbonyl (C=O) groups is 1. The summed E-state index contributed by atoms with van der Waals surface area (Å²) in [6.07, 6.45) is 7.90. The molecule has 0 bridgehead atoms. The lowest BCUT2D eigenvalue weighted by Crippen LogP contribution is -2.35. The molecular formula is C26H35N7O5S. The van der Waals surface area contributed by atoms with E-state index >= 15 is 0 Å². The third kappa shape index (κ3) is 10.1. The van der Waals surface area contributed by atoms with Crippen molar-refractivity contribution in [2.75, 3.05) is 43.7 Å². The average molecular weight is 558 g/mol. The fourth-order valence-electron chi connectivity index (χ4n) is 3.37. The van der Waals surface area contributed by atoms with Gasteiger partial charge in [-0.25, -0.2) is 19.7 Å². The zero-order chi connectivity index (χ0) is 28.6. The maximum absolute atomic E-state index is 12.1. The van der Waals surface area contributed by atoms with Crippen molar-refractivity contribution in [1.82, 2.24) is 24.8 Å². The van der Waals surface area contributed by atoms with Crippen LogP contribution in [0, 0.1) is 0 Å². The molecule has 0 aliphatic heterocycles. The molecule has 0 unspecified atom stereocenters. The van der Waals surface area contributed by atoms with Crippen LogP contribution in [-0.4, -0.2) is 78.4 Å². The summed E-state index contributed by atoms with van der Waals surface area (Å²) in [6.45, 7) is 6.70. The molecule has 3 rings (SSSR count). The highest BCUT2D eigenvalue weighted by atomic mass is 32.2. The van der Waals surface area contributed by atoms with Crippen LogP contribution >= 0.6 is 0 Å². The van der Waals surface area contributed by atoms with Crippen LogP contribution in [-0.2, 0) is 25.6 Å². The molecule has 0 aliphatic rings. The van der Waals surface area contributed by atoms with E-state index in [1.165, 1.54) is 6.20 Å². The first-order valence-corrected chi connectivity index (χ1v) is 14.1. The van der Waals surface area contributed by atoms with E-state index in [2.05, 4.69) is 25.3 Å². The first-order valence-electron chi connectivity index (χ1n) is 12.3. The standard InChI is InChI=1S/C26H35N7O5S/c1-26(2,3)38-25(34)33(5)13-7-12-32(4)23-9-8-20(16-29-23)22-10-11-28-24(31-22)30-21-14-19(15-27-17-21)18-37-39(6,35)36/h8-11,14-17H,7,12-13,18H2,1-6H3,(H,28,30,31). The Labute approximate surface area is 229 Å². The predicted octanol–water partition coefficient (Wildman–Crippen LogP) is 3.85. The number of anilines is 3. The molecule has 13 heteroatoms. The molecule has 1 amide bonds. The van der Waals surface area contributed by atoms with Crippen LogP contribution in [0.2, 0.25) is 0 Å². The molecule has 210 valence electrons. The Kier molecular flexibility index (Phi) is 9.76. The van der Waals surface area contributed by atoms with E-state index in [1.54, 1.807) is 42.7 Å². The van der Waals surface area contributed by atoms with Crippen molar-refractivity contribution in [2.24, 2.45) is 0 Å². The maximum atomic E-state index is 12.1. The van der Waals surface area contributed by atoms with Gasteiger partial charge in [0.2, 0.25) is 5.95 Å². The number of carbonyl (C=O) groups excluding carboxylic acids is 1. The van der Waals surface area contributed by atoms with Crippen LogP contribution in [0.3, 0.4) is 0 Å². The van der Waals surface area contributed by atoms with E-state index in [1.807, 2.05) is 44.9 Å². The van der Waals surface area contributed by atoms with E-state index in [4.69, 9.17) is 8.92 Å². The number of hydrogen-bond acceptors (Lipinski definition) is 11. The molecule has 39 heavy (non-hydrogen) atoms. The molecule has 0 aliphatic carbocycles. The van der Waals surface area contributed by atoms with Crippen LogP contribution in [0.15, 0.2) is 49.1 Å². The maximum Gasteiger partial charge on any atom is 0.410 e. The molecule has 0 saturated heterocycles. The Balaban J connectivity index is 1.57. The Morgan fingerprint density at radius 2 is 1.82 bits per heavy atom. The number of nitrogens with one attached hydrogen (secondary N) is 1. The highest BCUT2D eigenvalue weighted by Crippen LogP contribution is 2.21. The molecule has 3 aromatic heterocycles. The molecule has 1 N–H and O–H groups in total. The minimum absolute atomic E-state index is 0.116. The number of amides is 1. The van der Waals surface area contributed by atoms with Gasteiger partial charge in [0.1, 0.15) is 11.4 Å². The molecule has 0 aromatic carbocycles. The Morgan fingerprint density at radius 1 is 1.05 bits per heavy atom. The summed E-state index contributed by atoms with van der Waals surface area (Å²) < 4.78 is 32.7. The quantitative estimate of drug-likeness (QED) is 0.344. The third-order valence-corrected chi connectivity index (χ3v) is 5.82. The molecular weight excluding hydrogens is 522 g/mol. The lowest BCUT2D eigenvalue weighted by atomic mass is 10.2. The van der Waals surface area contributed by atoms with E-state index in [0.29, 0.717) is 36.0 Å². The number of nitrogens with zero attached hydrogens (tertiary/aromatic N) is 6. The highest BCUT2D eigenvalue weighted by molar-refractivity contribution is 7.85. The van der Waals surface area contributed by atoms with Crippen molar-refractivity contribution in [1.29, 1.82) is 0 Å². The summed E-state index contributed by atoms with van der Waals surface area (Å²) in [7, 11) is 0.122. The summed E-state index contributed by atoms with van der Waals surface area (Å²) >= 11 is 0. The molecule has 12 nitrogen and oxygen atoms in total. The Morgan fingerprint density at radius 3 is 2.49 bits per heavy atom. The molecule has 0 fully saturated rings. The lowest BCUT2D eigenvalue weighted by Gasteiger charge is -2.25. The van der Waals surface area contributed by atoms with Gasteiger partial charge in [0.25, 0.3) is 10.1 Å². The van der Waals surface area contributed by atoms with Gasteiger partial charge in [-0.3, -0.25) is 9.17 Å². The molecule has 0 radical (unpaired) electrons. The minimum Gasteiger partial charge on any atom is -0.444 e. The van der Waals surface area contributed by atoms with Gasteiger partial charge in [-0.15, -0.1) is 0 Å². The fraction of sp³-hybridized carbons (Fsp3) is 0.423. The van der Waals surface area contributed by atoms with Crippen molar-refractivity contribution in [3.63, 3.8) is 0 Å². The largest absolute Gasteiger partial charge is 0.444 e. The van der Waals surface area contributed by atoms with Gasteiger partial charge < -0.3 is 19.9 Å². The van der Waals surface area contributed by atoms with E-state index in [9.17, 15) is 13.2 Å². The number of ether oxygens (including phenoxy) is 1. The summed E-state index contributed by atoms with van der Waals surface area (Å²) in [5.74, 6) is 1.15. The van der Waals surface area contributed by atoms with Crippen molar-refractivity contribution in [3.8, 4) is 11.3 Å². The van der Waals surface area contributed by atoms with Gasteiger partial charge in [-0.1, -0.05) is 0 Å². The predicted molar refractivity (Wildman–Crippen MR) is 149 cm³/mol. The summed E-state index contributed by atoms with van der Waals surface area (Å²) in [5, 5.41) is 3.08. The van der Waals surface area contributed by atoms with Crippen LogP contribution in [0.4, 0.5) is 22.2 Å². The summed E-state index contributed by atoms with van der Waals surface area (Å²) in [6, 6.07) is 7.35. The van der Waals surface area contributed by atoms with Gasteiger partial charge in [-0.2, -0.15) is 8.42 Å². The zero-order valence-electron chi connectivity index (χ0n) is 23.1. The van der Waals surface area contributed by atoms with E-state index in [-0.39, 0.29) is 12.7 Å². The van der Waals surface area contributed by atoms with Gasteiger partial charge in [0.05, 0.1) is 30.4 Å². The SMILES string of the molecule is CN(CCCN(C)c1ccc(-c2ccnc(Nc3cncc(COS(C)(=O)=O)c3)n2)cn1)C(=O)OC(C)(C)C. The number of aromatic nitrogens is 4. The van der Waals surface area contributed by atoms with Crippen molar-refractivity contribution in [2.45, 2.75) is 39.4 Å². The zero-order valence-corrected chi connectivity index (χ0v) is 23.9. The number of hydrogen-bond donors (Lipinski definition) is 1. The van der Waals surface area contributed by atoms with Gasteiger partial charge in [0, 0.05) is 51.3 Å². The first kappa shape index (κ1) is 29.7. The molecule has 0 atom stereocenters. The topological polar surface area (TPSA) is 140 Å². The van der Waals surface area contributed by atoms with Crippen LogP contribution in [0.25, 0.3) is 11.3 Å². The lowest BCUT2D eigenvalue weighted by molar-refractivity contribution is 0.0298. The second kappa shape index (κ2) is 12.8. The molecule has 0 spiro atoms. The van der Waals surface area contributed by atoms with Crippen molar-refractivity contribution >= 4 is 33.7 Å². The molecule has 3 aromatic rings. The van der Waals surface area contributed by atoms with Crippen LogP contribution in [0.1, 0.15) is 32.8 Å². The summed E-state index contributed by atoms with van der Waals surface area (Å²) in [4.78, 5) is 33.2. The van der Waals surface area contributed by atoms with Gasteiger partial charge >= 0.3 is 6.09 Å². The van der Waals surface area contributed by atoms with Gasteiger partial charge in [0.15, 0.2) is 0 Å². The van der Waals surface area contributed by atoms with E-state index in [0.717, 1.165) is 24.1 Å². The minimum atomic E-state index is -3.56. The molecule has 0 saturated carbocycles. The van der Waals surface area contributed by atoms with Crippen molar-refractivity contribution < 1.29 is 22.1 Å². The monoisotopic (exact) mass is 557 g/mol. The Hall–Kier alpha value is -3.84. The normalized spacial score (nSPS) is 11.6. The average Bonchev–Trinajstić information content (AvgIpc) is 2.86. The van der Waals surface area contributed by atoms with Crippen molar-refractivity contribution in [3.05, 3.63) is 54.6 Å². The van der Waals surface area contributed by atoms with Crippen LogP contribution < -0.4 is 10.2 Å². The van der Waals surface area contributed by atoms with Crippen LogP contribution in [0.5, 0.6) is 0 Å². The second-order valence-electron chi connectivity index (χ2n) is 10.0. The smallest absolute Gasteiger partial charge is 0.410 e. The third-order valence-electron chi connectivity index (χ3n) is 5.27. The Bertz CT molecular complexity index is 1360. The highest BCUT2D eigenvalue weighted by Gasteiger charge is 2.19. The van der Waals surface area contributed by atoms with Gasteiger partial charge in [-0.05, 0) is 57.0 Å². The van der Waals surface area contributed by atoms with E-state index < -0.39 is 15.7 Å². The number of pyridine rings is 2. The summed E-state index contributed by atoms with van der Waals surface area (Å²) in [5.41, 5.74) is 2.15. The number of rotatable bonds is 11. The molecule has 3 heterocycles. The fourth-order valence-corrected chi connectivity index (χ4v) is 3.72.